The van der Waals surface area contributed by atoms with E-state index in [2.05, 4.69) is 4.74 Å². The molecule has 0 N–H and O–H groups in total. The molecule has 0 fully saturated rings. The number of anilines is 1. The fraction of sp³-hybridized carbons (Fsp3) is 0.364. The van der Waals surface area contributed by atoms with Crippen LogP contribution in [0.4, 0.5) is 5.69 Å². The van der Waals surface area contributed by atoms with E-state index in [0.717, 1.165) is 5.69 Å². The van der Waals surface area contributed by atoms with Crippen LogP contribution in [0.3, 0.4) is 0 Å². The van der Waals surface area contributed by atoms with Crippen LogP contribution in [0.1, 0.15) is 10.4 Å². The minimum Gasteiger partial charge on any atom is -0.496 e. The third-order valence-electron chi connectivity index (χ3n) is 2.16. The second-order valence-corrected chi connectivity index (χ2v) is 3.80. The molecule has 0 unspecified atom stereocenters. The highest BCUT2D eigenvalue weighted by molar-refractivity contribution is 6.33. The molecule has 0 aliphatic rings. The number of benzene rings is 1. The number of hydrogen-bond donors (Lipinski definition) is 0. The zero-order chi connectivity index (χ0) is 12.3. The first-order valence-corrected chi connectivity index (χ1v) is 5.02. The number of ether oxygens (including phenoxy) is 2. The van der Waals surface area contributed by atoms with E-state index in [1.807, 2.05) is 19.0 Å². The highest BCUT2D eigenvalue weighted by Crippen LogP contribution is 2.32. The Balaban J connectivity index is 3.32. The van der Waals surface area contributed by atoms with E-state index in [9.17, 15) is 4.79 Å². The van der Waals surface area contributed by atoms with E-state index < -0.39 is 5.97 Å². The minimum absolute atomic E-state index is 0.320. The number of rotatable bonds is 3. The molecule has 0 radical (unpaired) electrons. The van der Waals surface area contributed by atoms with Gasteiger partial charge >= 0.3 is 5.97 Å². The number of nitrogens with zero attached hydrogens (tertiary/aromatic N) is 1. The number of esters is 1. The monoisotopic (exact) mass is 243 g/mol. The molecule has 16 heavy (non-hydrogen) atoms. The van der Waals surface area contributed by atoms with E-state index in [1.54, 1.807) is 12.1 Å². The van der Waals surface area contributed by atoms with E-state index >= 15 is 0 Å². The Bertz CT molecular complexity index is 404. The first-order chi connectivity index (χ1) is 7.51. The molecule has 0 saturated carbocycles. The average molecular weight is 244 g/mol. The summed E-state index contributed by atoms with van der Waals surface area (Å²) in [4.78, 5) is 13.3. The minimum atomic E-state index is -0.468. The van der Waals surface area contributed by atoms with E-state index in [0.29, 0.717) is 16.3 Å². The fourth-order valence-electron chi connectivity index (χ4n) is 1.32. The molecular weight excluding hydrogens is 230 g/mol. The van der Waals surface area contributed by atoms with Crippen LogP contribution in [0.2, 0.25) is 5.02 Å². The van der Waals surface area contributed by atoms with Gasteiger partial charge in [-0.3, -0.25) is 0 Å². The Morgan fingerprint density at radius 2 is 1.94 bits per heavy atom. The maximum Gasteiger partial charge on any atom is 0.341 e. The maximum atomic E-state index is 11.5. The molecule has 0 aliphatic carbocycles. The zero-order valence-corrected chi connectivity index (χ0v) is 10.5. The Hall–Kier alpha value is -1.42. The largest absolute Gasteiger partial charge is 0.496 e. The molecule has 1 rings (SSSR count). The normalized spacial score (nSPS) is 9.81. The Labute approximate surface area is 99.7 Å². The highest BCUT2D eigenvalue weighted by Gasteiger charge is 2.16. The summed E-state index contributed by atoms with van der Waals surface area (Å²) < 4.78 is 9.77. The van der Waals surface area contributed by atoms with Gasteiger partial charge in [0.15, 0.2) is 0 Å². The first-order valence-electron chi connectivity index (χ1n) is 4.64. The zero-order valence-electron chi connectivity index (χ0n) is 9.70. The van der Waals surface area contributed by atoms with Crippen LogP contribution in [0, 0.1) is 0 Å². The van der Waals surface area contributed by atoms with Crippen molar-refractivity contribution in [3.63, 3.8) is 0 Å². The van der Waals surface area contributed by atoms with Crippen molar-refractivity contribution in [2.75, 3.05) is 33.2 Å². The fourth-order valence-corrected chi connectivity index (χ4v) is 1.66. The van der Waals surface area contributed by atoms with Gasteiger partial charge in [0.2, 0.25) is 0 Å². The molecule has 5 heteroatoms. The van der Waals surface area contributed by atoms with Crippen LogP contribution in [0.5, 0.6) is 5.75 Å². The molecule has 1 aromatic carbocycles. The van der Waals surface area contributed by atoms with Gasteiger partial charge in [0, 0.05) is 20.2 Å². The van der Waals surface area contributed by atoms with Gasteiger partial charge < -0.3 is 14.4 Å². The predicted molar refractivity (Wildman–Crippen MR) is 63.7 cm³/mol. The van der Waals surface area contributed by atoms with Crippen molar-refractivity contribution in [1.82, 2.24) is 0 Å². The van der Waals surface area contributed by atoms with E-state index in [-0.39, 0.29) is 0 Å². The second kappa shape index (κ2) is 5.07. The maximum absolute atomic E-state index is 11.5. The number of methoxy groups -OCH3 is 2. The molecule has 0 bridgehead atoms. The van der Waals surface area contributed by atoms with Crippen molar-refractivity contribution in [3.8, 4) is 5.75 Å². The third kappa shape index (κ3) is 2.39. The molecule has 0 spiro atoms. The lowest BCUT2D eigenvalue weighted by molar-refractivity contribution is 0.0597. The molecule has 0 atom stereocenters. The van der Waals surface area contributed by atoms with Gasteiger partial charge in [0.25, 0.3) is 0 Å². The summed E-state index contributed by atoms with van der Waals surface area (Å²) in [6.07, 6.45) is 0. The van der Waals surface area contributed by atoms with Gasteiger partial charge in [-0.2, -0.15) is 0 Å². The van der Waals surface area contributed by atoms with Gasteiger partial charge in [-0.05, 0) is 6.07 Å². The Kier molecular flexibility index (Phi) is 4.01. The molecular formula is C11H14ClNO3. The molecule has 88 valence electrons. The average Bonchev–Trinajstić information content (AvgIpc) is 2.27. The van der Waals surface area contributed by atoms with Crippen molar-refractivity contribution in [3.05, 3.63) is 22.7 Å². The van der Waals surface area contributed by atoms with Crippen LogP contribution in [0.15, 0.2) is 12.1 Å². The molecule has 0 aliphatic heterocycles. The lowest BCUT2D eigenvalue weighted by Gasteiger charge is -2.17. The topological polar surface area (TPSA) is 38.8 Å². The number of hydrogen-bond acceptors (Lipinski definition) is 4. The van der Waals surface area contributed by atoms with Gasteiger partial charge in [-0.1, -0.05) is 11.6 Å². The van der Waals surface area contributed by atoms with Crippen LogP contribution < -0.4 is 9.64 Å². The van der Waals surface area contributed by atoms with Crippen molar-refractivity contribution in [1.29, 1.82) is 0 Å². The van der Waals surface area contributed by atoms with Crippen LogP contribution >= 0.6 is 11.6 Å². The van der Waals surface area contributed by atoms with E-state index in [4.69, 9.17) is 16.3 Å². The van der Waals surface area contributed by atoms with Crippen molar-refractivity contribution < 1.29 is 14.3 Å². The number of carbonyl (C=O) groups is 1. The molecule has 0 heterocycles. The Morgan fingerprint density at radius 1 is 1.31 bits per heavy atom. The SMILES string of the molecule is COC(=O)c1cc(Cl)c(N(C)C)cc1OC. The van der Waals surface area contributed by atoms with Crippen molar-refractivity contribution >= 4 is 23.3 Å². The first kappa shape index (κ1) is 12.6. The molecule has 0 aromatic heterocycles. The number of halogens is 1. The smallest absolute Gasteiger partial charge is 0.341 e. The third-order valence-corrected chi connectivity index (χ3v) is 2.46. The highest BCUT2D eigenvalue weighted by atomic mass is 35.5. The van der Waals surface area contributed by atoms with Crippen LogP contribution in [-0.2, 0) is 4.74 Å². The summed E-state index contributed by atoms with van der Waals surface area (Å²) in [5.74, 6) is -0.0241. The summed E-state index contributed by atoms with van der Waals surface area (Å²) in [5.41, 5.74) is 1.10. The second-order valence-electron chi connectivity index (χ2n) is 3.39. The summed E-state index contributed by atoms with van der Waals surface area (Å²) in [5, 5.41) is 0.478. The molecule has 0 saturated heterocycles. The summed E-state index contributed by atoms with van der Waals surface area (Å²) in [6.45, 7) is 0. The molecule has 4 nitrogen and oxygen atoms in total. The molecule has 1 aromatic rings. The number of carbonyl (C=O) groups excluding carboxylic acids is 1. The van der Waals surface area contributed by atoms with Crippen LogP contribution in [0.25, 0.3) is 0 Å². The van der Waals surface area contributed by atoms with E-state index in [1.165, 1.54) is 14.2 Å². The van der Waals surface area contributed by atoms with Gasteiger partial charge in [0.05, 0.1) is 24.9 Å². The molecule has 0 amide bonds. The quantitative estimate of drug-likeness (QED) is 0.763. The summed E-state index contributed by atoms with van der Waals surface area (Å²) in [7, 11) is 6.53. The standard InChI is InChI=1S/C11H14ClNO3/c1-13(2)9-6-10(15-3)7(5-8(9)12)11(14)16-4/h5-6H,1-4H3. The lowest BCUT2D eigenvalue weighted by atomic mass is 10.1. The Morgan fingerprint density at radius 3 is 2.38 bits per heavy atom. The predicted octanol–water partition coefficient (Wildman–Crippen LogP) is 2.20. The van der Waals surface area contributed by atoms with Crippen molar-refractivity contribution in [2.24, 2.45) is 0 Å². The van der Waals surface area contributed by atoms with Crippen LogP contribution in [-0.4, -0.2) is 34.3 Å². The van der Waals surface area contributed by atoms with Gasteiger partial charge in [0.1, 0.15) is 11.3 Å². The summed E-state index contributed by atoms with van der Waals surface area (Å²) in [6, 6.07) is 3.25. The lowest BCUT2D eigenvalue weighted by Crippen LogP contribution is -2.11. The van der Waals surface area contributed by atoms with Crippen molar-refractivity contribution in [2.45, 2.75) is 0 Å². The summed E-state index contributed by atoms with van der Waals surface area (Å²) >= 11 is 6.05. The van der Waals surface area contributed by atoms with Gasteiger partial charge in [-0.25, -0.2) is 4.79 Å². The van der Waals surface area contributed by atoms with Gasteiger partial charge in [-0.15, -0.1) is 0 Å².